The van der Waals surface area contributed by atoms with Crippen LogP contribution in [-0.4, -0.2) is 19.7 Å². The third kappa shape index (κ3) is 3.01. The van der Waals surface area contributed by atoms with E-state index in [1.165, 1.54) is 6.07 Å². The van der Waals surface area contributed by atoms with Gasteiger partial charge in [0.2, 0.25) is 5.82 Å². The van der Waals surface area contributed by atoms with E-state index in [1.807, 2.05) is 19.1 Å². The lowest BCUT2D eigenvalue weighted by molar-refractivity contribution is 0.429. The Morgan fingerprint density at radius 2 is 1.96 bits per heavy atom. The number of halogens is 1. The Morgan fingerprint density at radius 1 is 1.15 bits per heavy atom. The second kappa shape index (κ2) is 6.75. The van der Waals surface area contributed by atoms with Crippen molar-refractivity contribution >= 4 is 11.0 Å². The van der Waals surface area contributed by atoms with E-state index in [2.05, 4.69) is 15.1 Å². The lowest BCUT2D eigenvalue weighted by Crippen LogP contribution is -2.24. The molecule has 0 unspecified atom stereocenters. The maximum atomic E-state index is 13.9. The van der Waals surface area contributed by atoms with Crippen LogP contribution in [0.2, 0.25) is 0 Å². The van der Waals surface area contributed by atoms with Crippen molar-refractivity contribution in [2.75, 3.05) is 0 Å². The highest BCUT2D eigenvalue weighted by Gasteiger charge is 2.15. The first kappa shape index (κ1) is 17.1. The fourth-order valence-electron chi connectivity index (χ4n) is 3.04. The number of nitrogens with zero attached hydrogens (tertiary/aromatic N) is 4. The molecule has 0 atom stereocenters. The van der Waals surface area contributed by atoms with Crippen molar-refractivity contribution in [3.8, 4) is 22.8 Å². The molecule has 0 amide bonds. The highest BCUT2D eigenvalue weighted by atomic mass is 19.1. The molecule has 2 aromatic heterocycles. The predicted molar refractivity (Wildman–Crippen MR) is 99.7 cm³/mol. The summed E-state index contributed by atoms with van der Waals surface area (Å²) in [7, 11) is 0. The van der Waals surface area contributed by atoms with Gasteiger partial charge in [-0.05, 0) is 43.7 Å². The lowest BCUT2D eigenvalue weighted by Gasteiger charge is -2.10. The van der Waals surface area contributed by atoms with Gasteiger partial charge in [0, 0.05) is 12.1 Å². The minimum Gasteiger partial charge on any atom is -0.334 e. The van der Waals surface area contributed by atoms with Crippen molar-refractivity contribution in [3.05, 3.63) is 64.3 Å². The van der Waals surface area contributed by atoms with Crippen LogP contribution in [0.3, 0.4) is 0 Å². The van der Waals surface area contributed by atoms with E-state index >= 15 is 0 Å². The summed E-state index contributed by atoms with van der Waals surface area (Å²) in [5, 5.41) is 3.96. The van der Waals surface area contributed by atoms with Crippen molar-refractivity contribution in [2.45, 2.75) is 26.8 Å². The van der Waals surface area contributed by atoms with Gasteiger partial charge in [0.1, 0.15) is 11.5 Å². The summed E-state index contributed by atoms with van der Waals surface area (Å²) < 4.78 is 20.9. The monoisotopic (exact) mass is 364 g/mol. The van der Waals surface area contributed by atoms with Crippen molar-refractivity contribution in [2.24, 2.45) is 0 Å². The summed E-state index contributed by atoms with van der Waals surface area (Å²) in [6.45, 7) is 4.34. The van der Waals surface area contributed by atoms with Gasteiger partial charge in [0.15, 0.2) is 0 Å². The molecule has 4 rings (SSSR count). The van der Waals surface area contributed by atoms with Crippen molar-refractivity contribution < 1.29 is 8.91 Å². The summed E-state index contributed by atoms with van der Waals surface area (Å²) in [6.07, 6.45) is 0.844. The summed E-state index contributed by atoms with van der Waals surface area (Å²) in [6, 6.07) is 11.7. The van der Waals surface area contributed by atoms with Crippen LogP contribution < -0.4 is 5.56 Å². The fraction of sp³-hybridized carbons (Fsp3) is 0.200. The van der Waals surface area contributed by atoms with Crippen LogP contribution in [-0.2, 0) is 6.54 Å². The molecular weight excluding hydrogens is 347 g/mol. The molecule has 0 saturated carbocycles. The van der Waals surface area contributed by atoms with Crippen LogP contribution >= 0.6 is 0 Å². The number of hydrogen-bond donors (Lipinski definition) is 0. The Labute approximate surface area is 154 Å². The van der Waals surface area contributed by atoms with Gasteiger partial charge in [-0.15, -0.1) is 0 Å². The quantitative estimate of drug-likeness (QED) is 0.548. The average Bonchev–Trinajstić information content (AvgIpc) is 3.15. The maximum absolute atomic E-state index is 13.9. The van der Waals surface area contributed by atoms with Crippen LogP contribution in [0.25, 0.3) is 33.9 Å². The van der Waals surface area contributed by atoms with Gasteiger partial charge < -0.3 is 9.09 Å². The van der Waals surface area contributed by atoms with E-state index in [9.17, 15) is 9.18 Å². The number of aromatic nitrogens is 4. The first-order valence-electron chi connectivity index (χ1n) is 8.68. The van der Waals surface area contributed by atoms with Crippen molar-refractivity contribution in [3.63, 3.8) is 0 Å². The maximum Gasteiger partial charge on any atom is 0.272 e. The Kier molecular flexibility index (Phi) is 4.27. The molecule has 0 aliphatic heterocycles. The zero-order chi connectivity index (χ0) is 19.0. The molecule has 0 bridgehead atoms. The van der Waals surface area contributed by atoms with Gasteiger partial charge in [-0.2, -0.15) is 4.98 Å². The van der Waals surface area contributed by atoms with Gasteiger partial charge in [-0.25, -0.2) is 9.37 Å². The molecule has 0 aliphatic rings. The number of rotatable bonds is 4. The normalized spacial score (nSPS) is 11.2. The SMILES string of the molecule is CCCn1c(=O)c(C)nc2cc(-c3noc(-c4ccccc4F)n3)ccc21. The number of fused-ring (bicyclic) bond motifs is 1. The molecule has 0 radical (unpaired) electrons. The smallest absolute Gasteiger partial charge is 0.272 e. The third-order valence-corrected chi connectivity index (χ3v) is 4.34. The standard InChI is InChI=1S/C20H17FN4O2/c1-3-10-25-17-9-8-13(11-16(17)22-12(2)20(25)26)18-23-19(27-24-18)14-6-4-5-7-15(14)21/h4-9,11H,3,10H2,1-2H3. The molecule has 4 aromatic rings. The van der Waals surface area contributed by atoms with Crippen LogP contribution in [0.4, 0.5) is 4.39 Å². The predicted octanol–water partition coefficient (Wildman–Crippen LogP) is 3.97. The molecule has 6 nitrogen and oxygen atoms in total. The summed E-state index contributed by atoms with van der Waals surface area (Å²) >= 11 is 0. The summed E-state index contributed by atoms with van der Waals surface area (Å²) in [5.41, 5.74) is 2.72. The minimum absolute atomic E-state index is 0.0847. The van der Waals surface area contributed by atoms with Crippen molar-refractivity contribution in [1.29, 1.82) is 0 Å². The largest absolute Gasteiger partial charge is 0.334 e. The molecule has 2 aromatic carbocycles. The van der Waals surface area contributed by atoms with Crippen LogP contribution in [0.15, 0.2) is 51.8 Å². The molecule has 0 saturated heterocycles. The molecule has 2 heterocycles. The zero-order valence-electron chi connectivity index (χ0n) is 14.9. The van der Waals surface area contributed by atoms with E-state index < -0.39 is 5.82 Å². The fourth-order valence-corrected chi connectivity index (χ4v) is 3.04. The third-order valence-electron chi connectivity index (χ3n) is 4.34. The van der Waals surface area contributed by atoms with Gasteiger partial charge in [-0.1, -0.05) is 24.2 Å². The highest BCUT2D eigenvalue weighted by molar-refractivity contribution is 5.80. The minimum atomic E-state index is -0.424. The van der Waals surface area contributed by atoms with Gasteiger partial charge >= 0.3 is 0 Å². The first-order chi connectivity index (χ1) is 13.1. The second-order valence-corrected chi connectivity index (χ2v) is 6.26. The summed E-state index contributed by atoms with van der Waals surface area (Å²) in [4.78, 5) is 21.1. The summed E-state index contributed by atoms with van der Waals surface area (Å²) in [5.74, 6) is 0.0261. The molecule has 27 heavy (non-hydrogen) atoms. The Balaban J connectivity index is 1.81. The molecule has 0 aliphatic carbocycles. The second-order valence-electron chi connectivity index (χ2n) is 6.26. The number of benzene rings is 2. The Bertz CT molecular complexity index is 1200. The molecular formula is C20H17FN4O2. The number of aryl methyl sites for hydroxylation is 2. The van der Waals surface area contributed by atoms with Crippen LogP contribution in [0.1, 0.15) is 19.0 Å². The lowest BCUT2D eigenvalue weighted by atomic mass is 10.1. The van der Waals surface area contributed by atoms with E-state index in [-0.39, 0.29) is 17.0 Å². The molecule has 136 valence electrons. The van der Waals surface area contributed by atoms with E-state index in [1.54, 1.807) is 35.8 Å². The van der Waals surface area contributed by atoms with E-state index in [4.69, 9.17) is 4.52 Å². The van der Waals surface area contributed by atoms with Crippen LogP contribution in [0.5, 0.6) is 0 Å². The molecule has 0 spiro atoms. The Morgan fingerprint density at radius 3 is 2.74 bits per heavy atom. The molecule has 0 fully saturated rings. The average molecular weight is 364 g/mol. The van der Waals surface area contributed by atoms with Gasteiger partial charge in [0.05, 0.1) is 16.6 Å². The topological polar surface area (TPSA) is 73.8 Å². The van der Waals surface area contributed by atoms with E-state index in [0.29, 0.717) is 29.1 Å². The van der Waals surface area contributed by atoms with Crippen LogP contribution in [0, 0.1) is 12.7 Å². The highest BCUT2D eigenvalue weighted by Crippen LogP contribution is 2.26. The van der Waals surface area contributed by atoms with Gasteiger partial charge in [-0.3, -0.25) is 4.79 Å². The van der Waals surface area contributed by atoms with Crippen molar-refractivity contribution in [1.82, 2.24) is 19.7 Å². The zero-order valence-corrected chi connectivity index (χ0v) is 14.9. The molecule has 0 N–H and O–H groups in total. The first-order valence-corrected chi connectivity index (χ1v) is 8.68. The van der Waals surface area contributed by atoms with E-state index in [0.717, 1.165) is 11.9 Å². The molecule has 7 heteroatoms. The number of hydrogen-bond acceptors (Lipinski definition) is 5. The Hall–Kier alpha value is -3.35. The van der Waals surface area contributed by atoms with Gasteiger partial charge in [0.25, 0.3) is 11.4 Å².